The zero-order valence-corrected chi connectivity index (χ0v) is 16.4. The quantitative estimate of drug-likeness (QED) is 0.427. The maximum Gasteiger partial charge on any atom is 0.164 e. The van der Waals surface area contributed by atoms with E-state index in [2.05, 4.69) is 83.8 Å². The minimum atomic E-state index is -0.718. The van der Waals surface area contributed by atoms with Crippen molar-refractivity contribution in [3.05, 3.63) is 131 Å². The van der Waals surface area contributed by atoms with E-state index in [9.17, 15) is 0 Å². The van der Waals surface area contributed by atoms with Gasteiger partial charge in [0.15, 0.2) is 13.0 Å². The third kappa shape index (κ3) is 2.42. The lowest BCUT2D eigenvalue weighted by atomic mass is 9.77. The second-order valence-electron chi connectivity index (χ2n) is 7.68. The van der Waals surface area contributed by atoms with Crippen LogP contribution in [0.25, 0.3) is 0 Å². The summed E-state index contributed by atoms with van der Waals surface area (Å²) >= 11 is 0. The summed E-state index contributed by atoms with van der Waals surface area (Å²) in [5, 5.41) is 0. The van der Waals surface area contributed by atoms with Crippen LogP contribution >= 0.6 is 0 Å². The molecule has 2 aliphatic heterocycles. The summed E-state index contributed by atoms with van der Waals surface area (Å²) in [6.45, 7) is 0.457. The van der Waals surface area contributed by atoms with E-state index < -0.39 is 5.60 Å². The highest BCUT2D eigenvalue weighted by atomic mass is 16.6. The Kier molecular flexibility index (Phi) is 3.90. The minimum absolute atomic E-state index is 0.245. The van der Waals surface area contributed by atoms with Gasteiger partial charge in [0.05, 0.1) is 0 Å². The van der Waals surface area contributed by atoms with Gasteiger partial charge in [-0.3, -0.25) is 0 Å². The molecule has 1 unspecified atom stereocenters. The van der Waals surface area contributed by atoms with Crippen LogP contribution in [0.15, 0.2) is 109 Å². The molecule has 0 spiro atoms. The lowest BCUT2D eigenvalue weighted by Crippen LogP contribution is -2.49. The van der Waals surface area contributed by atoms with Crippen LogP contribution in [0, 0.1) is 0 Å². The SMILES string of the molecule is c1ccc(C2(c3ccccc3)OC3c4ccccc4OCN3c3ccccc32)cc1. The highest BCUT2D eigenvalue weighted by Gasteiger charge is 2.49. The lowest BCUT2D eigenvalue weighted by molar-refractivity contribution is -0.0732. The van der Waals surface area contributed by atoms with Crippen LogP contribution < -0.4 is 9.64 Å². The minimum Gasteiger partial charge on any atom is -0.473 e. The van der Waals surface area contributed by atoms with Crippen molar-refractivity contribution < 1.29 is 9.47 Å². The van der Waals surface area contributed by atoms with E-state index in [0.29, 0.717) is 6.73 Å². The number of nitrogens with zero attached hydrogens (tertiary/aromatic N) is 1. The van der Waals surface area contributed by atoms with Crippen LogP contribution in [0.2, 0.25) is 0 Å². The molecule has 0 aliphatic carbocycles. The average Bonchev–Trinajstić information content (AvgIpc) is 2.84. The van der Waals surface area contributed by atoms with Gasteiger partial charge in [0, 0.05) is 16.8 Å². The molecule has 6 rings (SSSR count). The topological polar surface area (TPSA) is 21.7 Å². The third-order valence-electron chi connectivity index (χ3n) is 6.07. The van der Waals surface area contributed by atoms with Gasteiger partial charge in [0.25, 0.3) is 0 Å². The third-order valence-corrected chi connectivity index (χ3v) is 6.07. The average molecular weight is 391 g/mol. The first-order valence-corrected chi connectivity index (χ1v) is 10.2. The molecule has 0 bridgehead atoms. The highest BCUT2D eigenvalue weighted by molar-refractivity contribution is 5.66. The fourth-order valence-electron chi connectivity index (χ4n) is 4.73. The number of ether oxygens (including phenoxy) is 2. The van der Waals surface area contributed by atoms with Crippen LogP contribution in [0.4, 0.5) is 5.69 Å². The van der Waals surface area contributed by atoms with Gasteiger partial charge in [-0.15, -0.1) is 0 Å². The number of hydrogen-bond acceptors (Lipinski definition) is 3. The van der Waals surface area contributed by atoms with Crippen molar-refractivity contribution >= 4 is 5.69 Å². The Morgan fingerprint density at radius 3 is 2.00 bits per heavy atom. The molecule has 0 saturated heterocycles. The van der Waals surface area contributed by atoms with E-state index in [4.69, 9.17) is 9.47 Å². The summed E-state index contributed by atoms with van der Waals surface area (Å²) in [6, 6.07) is 37.7. The van der Waals surface area contributed by atoms with E-state index >= 15 is 0 Å². The number of para-hydroxylation sites is 2. The Hall–Kier alpha value is -3.56. The van der Waals surface area contributed by atoms with E-state index in [-0.39, 0.29) is 6.23 Å². The fraction of sp³-hybridized carbons (Fsp3) is 0.111. The molecule has 3 heteroatoms. The Bertz CT molecular complexity index is 1150. The lowest BCUT2D eigenvalue weighted by Gasteiger charge is -2.50. The standard InChI is InChI=1S/C27H21NO2/c1-3-11-20(12-4-1)27(21-13-5-2-6-14-21)23-16-8-9-17-24(23)28-19-29-25-18-10-7-15-22(25)26(28)30-27/h1-18,26H,19H2. The number of benzene rings is 4. The van der Waals surface area contributed by atoms with Gasteiger partial charge in [-0.1, -0.05) is 97.1 Å². The summed E-state index contributed by atoms with van der Waals surface area (Å²) in [6.07, 6.45) is -0.245. The number of anilines is 1. The predicted octanol–water partition coefficient (Wildman–Crippen LogP) is 5.86. The molecular formula is C27H21NO2. The van der Waals surface area contributed by atoms with E-state index in [1.807, 2.05) is 30.3 Å². The molecule has 146 valence electrons. The van der Waals surface area contributed by atoms with Gasteiger partial charge in [0.2, 0.25) is 0 Å². The van der Waals surface area contributed by atoms with Crippen molar-refractivity contribution in [2.24, 2.45) is 0 Å². The van der Waals surface area contributed by atoms with Crippen molar-refractivity contribution in [2.75, 3.05) is 11.6 Å². The predicted molar refractivity (Wildman–Crippen MR) is 117 cm³/mol. The smallest absolute Gasteiger partial charge is 0.164 e. The molecule has 0 amide bonds. The van der Waals surface area contributed by atoms with Gasteiger partial charge in [-0.25, -0.2) is 0 Å². The molecule has 0 aromatic heterocycles. The first kappa shape index (κ1) is 17.3. The van der Waals surface area contributed by atoms with Crippen molar-refractivity contribution in [1.82, 2.24) is 0 Å². The van der Waals surface area contributed by atoms with Gasteiger partial charge >= 0.3 is 0 Å². The molecule has 3 nitrogen and oxygen atoms in total. The highest BCUT2D eigenvalue weighted by Crippen LogP contribution is 2.54. The van der Waals surface area contributed by atoms with Crippen molar-refractivity contribution in [2.45, 2.75) is 11.8 Å². The molecular weight excluding hydrogens is 370 g/mol. The van der Waals surface area contributed by atoms with Crippen LogP contribution in [-0.4, -0.2) is 6.73 Å². The normalized spacial score (nSPS) is 18.5. The van der Waals surface area contributed by atoms with Gasteiger partial charge in [0.1, 0.15) is 11.4 Å². The fourth-order valence-corrected chi connectivity index (χ4v) is 4.73. The van der Waals surface area contributed by atoms with Gasteiger partial charge in [-0.2, -0.15) is 0 Å². The molecule has 4 aromatic rings. The maximum atomic E-state index is 7.15. The Balaban J connectivity index is 1.67. The van der Waals surface area contributed by atoms with Crippen molar-refractivity contribution in [3.63, 3.8) is 0 Å². The largest absolute Gasteiger partial charge is 0.473 e. The zero-order chi connectivity index (χ0) is 20.0. The Morgan fingerprint density at radius 2 is 1.27 bits per heavy atom. The van der Waals surface area contributed by atoms with Crippen LogP contribution in [0.3, 0.4) is 0 Å². The molecule has 2 aliphatic rings. The second kappa shape index (κ2) is 6.75. The monoisotopic (exact) mass is 391 g/mol. The molecule has 2 heterocycles. The van der Waals surface area contributed by atoms with Crippen LogP contribution in [0.1, 0.15) is 28.5 Å². The van der Waals surface area contributed by atoms with Crippen LogP contribution in [-0.2, 0) is 10.3 Å². The maximum absolute atomic E-state index is 7.15. The number of fused-ring (bicyclic) bond motifs is 5. The first-order valence-electron chi connectivity index (χ1n) is 10.2. The molecule has 0 saturated carbocycles. The molecule has 30 heavy (non-hydrogen) atoms. The summed E-state index contributed by atoms with van der Waals surface area (Å²) < 4.78 is 13.2. The summed E-state index contributed by atoms with van der Waals surface area (Å²) in [5.41, 5.74) is 4.83. The summed E-state index contributed by atoms with van der Waals surface area (Å²) in [7, 11) is 0. The summed E-state index contributed by atoms with van der Waals surface area (Å²) in [4.78, 5) is 2.21. The van der Waals surface area contributed by atoms with E-state index in [1.165, 1.54) is 0 Å². The number of rotatable bonds is 2. The molecule has 1 atom stereocenters. The summed E-state index contributed by atoms with van der Waals surface area (Å²) in [5.74, 6) is 0.883. The van der Waals surface area contributed by atoms with E-state index in [1.54, 1.807) is 0 Å². The first-order chi connectivity index (χ1) is 14.9. The number of hydrogen-bond donors (Lipinski definition) is 0. The van der Waals surface area contributed by atoms with Crippen molar-refractivity contribution in [3.8, 4) is 5.75 Å². The van der Waals surface area contributed by atoms with Gasteiger partial charge < -0.3 is 14.4 Å². The van der Waals surface area contributed by atoms with Gasteiger partial charge in [-0.05, 0) is 23.3 Å². The Morgan fingerprint density at radius 1 is 0.667 bits per heavy atom. The zero-order valence-electron chi connectivity index (χ0n) is 16.4. The molecule has 0 fully saturated rings. The second-order valence-corrected chi connectivity index (χ2v) is 7.68. The van der Waals surface area contributed by atoms with E-state index in [0.717, 1.165) is 33.7 Å². The molecule has 0 N–H and O–H groups in total. The van der Waals surface area contributed by atoms with Crippen LogP contribution in [0.5, 0.6) is 5.75 Å². The molecule has 0 radical (unpaired) electrons. The Labute approximate surface area is 176 Å². The molecule has 4 aromatic carbocycles. The van der Waals surface area contributed by atoms with Crippen molar-refractivity contribution in [1.29, 1.82) is 0 Å².